The highest BCUT2D eigenvalue weighted by atomic mass is 79.9. The minimum Gasteiger partial charge on any atom is -0.359 e. The van der Waals surface area contributed by atoms with Crippen molar-refractivity contribution in [1.82, 2.24) is 9.88 Å². The third-order valence-electron chi connectivity index (χ3n) is 3.79. The second-order valence-corrected chi connectivity index (χ2v) is 8.97. The van der Waals surface area contributed by atoms with Crippen molar-refractivity contribution in [2.45, 2.75) is 24.7 Å². The molecule has 0 bridgehead atoms. The van der Waals surface area contributed by atoms with E-state index >= 15 is 0 Å². The molecule has 0 aliphatic heterocycles. The second kappa shape index (κ2) is 7.34. The van der Waals surface area contributed by atoms with Crippen molar-refractivity contribution in [3.05, 3.63) is 68.1 Å². The smallest absolute Gasteiger partial charge is 0.264 e. The Hall–Kier alpha value is -1.97. The van der Waals surface area contributed by atoms with Crippen molar-refractivity contribution in [1.29, 1.82) is 0 Å². The molecule has 0 aliphatic rings. The third kappa shape index (κ3) is 3.74. The first-order valence-corrected chi connectivity index (χ1v) is 10.8. The van der Waals surface area contributed by atoms with Gasteiger partial charge in [-0.2, -0.15) is 11.3 Å². The topological polar surface area (TPSA) is 89.3 Å². The van der Waals surface area contributed by atoms with E-state index in [9.17, 15) is 13.2 Å². The van der Waals surface area contributed by atoms with Gasteiger partial charge in [0.25, 0.3) is 10.0 Å². The van der Waals surface area contributed by atoms with E-state index in [-0.39, 0.29) is 10.7 Å². The molecule has 1 unspecified atom stereocenters. The number of rotatable bonds is 5. The van der Waals surface area contributed by atoms with Crippen LogP contribution in [0.3, 0.4) is 0 Å². The third-order valence-corrected chi connectivity index (χ3v) is 6.93. The average Bonchev–Trinajstić information content (AvgIpc) is 3.23. The number of hydrogen-bond donors (Lipinski definition) is 1. The standard InChI is InChI=1S/C17H15BrN2O4S2/c1-10-3-5-12(6-4-10)14(16-15(18)11(2)19-24-16)17(21)20-26(22,23)13-7-8-25-9-13/h3-9,14H,1-2H3,(H,20,21). The minimum absolute atomic E-state index is 0.0475. The number of amides is 1. The molecule has 3 rings (SSSR count). The van der Waals surface area contributed by atoms with Gasteiger partial charge < -0.3 is 4.52 Å². The predicted octanol–water partition coefficient (Wildman–Crippen LogP) is 3.75. The summed E-state index contributed by atoms with van der Waals surface area (Å²) in [5, 5.41) is 6.95. The maximum absolute atomic E-state index is 12.9. The highest BCUT2D eigenvalue weighted by Crippen LogP contribution is 2.33. The van der Waals surface area contributed by atoms with Crippen molar-refractivity contribution >= 4 is 43.2 Å². The van der Waals surface area contributed by atoms with Gasteiger partial charge in [-0.3, -0.25) is 4.79 Å². The van der Waals surface area contributed by atoms with Gasteiger partial charge in [-0.25, -0.2) is 13.1 Å². The molecule has 26 heavy (non-hydrogen) atoms. The predicted molar refractivity (Wildman–Crippen MR) is 102 cm³/mol. The number of nitrogens with one attached hydrogen (secondary N) is 1. The van der Waals surface area contributed by atoms with Crippen LogP contribution in [0.15, 0.2) is 55.0 Å². The summed E-state index contributed by atoms with van der Waals surface area (Å²) in [4.78, 5) is 13.0. The fourth-order valence-corrected chi connectivity index (χ4v) is 4.79. The van der Waals surface area contributed by atoms with Gasteiger partial charge in [-0.05, 0) is 46.8 Å². The van der Waals surface area contributed by atoms with E-state index in [0.29, 0.717) is 15.7 Å². The van der Waals surface area contributed by atoms with Crippen LogP contribution in [0, 0.1) is 13.8 Å². The van der Waals surface area contributed by atoms with Gasteiger partial charge in [0.05, 0.1) is 15.1 Å². The van der Waals surface area contributed by atoms with E-state index in [4.69, 9.17) is 4.52 Å². The fourth-order valence-electron chi connectivity index (χ4n) is 2.39. The number of aryl methyl sites for hydroxylation is 2. The summed E-state index contributed by atoms with van der Waals surface area (Å²) in [7, 11) is -3.96. The van der Waals surface area contributed by atoms with Gasteiger partial charge in [0.2, 0.25) is 5.91 Å². The Morgan fingerprint density at radius 2 is 1.92 bits per heavy atom. The van der Waals surface area contributed by atoms with Crippen molar-refractivity contribution in [2.24, 2.45) is 0 Å². The molecule has 1 aromatic carbocycles. The molecule has 0 fully saturated rings. The molecule has 1 amide bonds. The monoisotopic (exact) mass is 454 g/mol. The van der Waals surface area contributed by atoms with Gasteiger partial charge in [0.1, 0.15) is 5.92 Å². The zero-order valence-electron chi connectivity index (χ0n) is 13.9. The van der Waals surface area contributed by atoms with Crippen LogP contribution >= 0.6 is 27.3 Å². The quantitative estimate of drug-likeness (QED) is 0.633. The SMILES string of the molecule is Cc1ccc(C(C(=O)NS(=O)(=O)c2ccsc2)c2onc(C)c2Br)cc1. The summed E-state index contributed by atoms with van der Waals surface area (Å²) in [6.45, 7) is 3.65. The molecule has 0 radical (unpaired) electrons. The van der Waals surface area contributed by atoms with Crippen LogP contribution in [-0.2, 0) is 14.8 Å². The van der Waals surface area contributed by atoms with Crippen LogP contribution in [0.4, 0.5) is 0 Å². The second-order valence-electron chi connectivity index (χ2n) is 5.72. The Bertz CT molecular complexity index is 1030. The lowest BCUT2D eigenvalue weighted by molar-refractivity contribution is -0.120. The first-order chi connectivity index (χ1) is 12.3. The number of carbonyl (C=O) groups excluding carboxylic acids is 1. The lowest BCUT2D eigenvalue weighted by Crippen LogP contribution is -2.35. The molecule has 0 aliphatic carbocycles. The van der Waals surface area contributed by atoms with Crippen LogP contribution in [-0.4, -0.2) is 19.5 Å². The number of carbonyl (C=O) groups is 1. The fraction of sp³-hybridized carbons (Fsp3) is 0.176. The van der Waals surface area contributed by atoms with Crippen LogP contribution in [0.25, 0.3) is 0 Å². The lowest BCUT2D eigenvalue weighted by Gasteiger charge is -2.15. The molecule has 3 aromatic rings. The molecule has 2 heterocycles. The zero-order valence-corrected chi connectivity index (χ0v) is 17.1. The number of thiophene rings is 1. The lowest BCUT2D eigenvalue weighted by atomic mass is 9.95. The molecular weight excluding hydrogens is 440 g/mol. The number of halogens is 1. The molecule has 1 atom stereocenters. The van der Waals surface area contributed by atoms with Gasteiger partial charge >= 0.3 is 0 Å². The number of benzene rings is 1. The Morgan fingerprint density at radius 1 is 1.23 bits per heavy atom. The number of nitrogens with zero attached hydrogens (tertiary/aromatic N) is 1. The highest BCUT2D eigenvalue weighted by Gasteiger charge is 2.32. The maximum Gasteiger partial charge on any atom is 0.264 e. The summed E-state index contributed by atoms with van der Waals surface area (Å²) in [6.07, 6.45) is 0. The van der Waals surface area contributed by atoms with E-state index in [1.807, 2.05) is 19.1 Å². The average molecular weight is 455 g/mol. The highest BCUT2D eigenvalue weighted by molar-refractivity contribution is 9.10. The summed E-state index contributed by atoms with van der Waals surface area (Å²) in [6, 6.07) is 8.66. The Kier molecular flexibility index (Phi) is 5.31. The molecule has 0 saturated carbocycles. The molecule has 6 nitrogen and oxygen atoms in total. The van der Waals surface area contributed by atoms with Crippen LogP contribution < -0.4 is 4.72 Å². The van der Waals surface area contributed by atoms with E-state index < -0.39 is 21.8 Å². The largest absolute Gasteiger partial charge is 0.359 e. The molecule has 2 aromatic heterocycles. The Labute approximate surface area is 163 Å². The van der Waals surface area contributed by atoms with Crippen molar-refractivity contribution < 1.29 is 17.7 Å². The molecule has 1 N–H and O–H groups in total. The van der Waals surface area contributed by atoms with Gasteiger partial charge in [-0.15, -0.1) is 0 Å². The first kappa shape index (κ1) is 18.8. The van der Waals surface area contributed by atoms with E-state index in [0.717, 1.165) is 5.56 Å². The zero-order chi connectivity index (χ0) is 18.9. The van der Waals surface area contributed by atoms with Gasteiger partial charge in [0.15, 0.2) is 5.76 Å². The molecule has 0 saturated heterocycles. The van der Waals surface area contributed by atoms with Crippen LogP contribution in [0.2, 0.25) is 0 Å². The van der Waals surface area contributed by atoms with Crippen molar-refractivity contribution in [3.8, 4) is 0 Å². The summed E-state index contributed by atoms with van der Waals surface area (Å²) >= 11 is 4.60. The summed E-state index contributed by atoms with van der Waals surface area (Å²) in [5.74, 6) is -1.42. The van der Waals surface area contributed by atoms with E-state index in [1.54, 1.807) is 24.4 Å². The minimum atomic E-state index is -3.96. The maximum atomic E-state index is 12.9. The van der Waals surface area contributed by atoms with Gasteiger partial charge in [0, 0.05) is 5.38 Å². The normalized spacial score (nSPS) is 12.7. The Morgan fingerprint density at radius 3 is 2.46 bits per heavy atom. The molecule has 0 spiro atoms. The van der Waals surface area contributed by atoms with E-state index in [2.05, 4.69) is 25.8 Å². The first-order valence-electron chi connectivity index (χ1n) is 7.56. The van der Waals surface area contributed by atoms with Crippen molar-refractivity contribution in [3.63, 3.8) is 0 Å². The van der Waals surface area contributed by atoms with Crippen molar-refractivity contribution in [2.75, 3.05) is 0 Å². The van der Waals surface area contributed by atoms with Crippen LogP contribution in [0.5, 0.6) is 0 Å². The molecule has 9 heteroatoms. The number of sulfonamides is 1. The Balaban J connectivity index is 2.02. The summed E-state index contributed by atoms with van der Waals surface area (Å²) < 4.78 is 32.9. The van der Waals surface area contributed by atoms with E-state index in [1.165, 1.54) is 22.8 Å². The number of aromatic nitrogens is 1. The number of hydrogen-bond acceptors (Lipinski definition) is 6. The molecular formula is C17H15BrN2O4S2. The van der Waals surface area contributed by atoms with Crippen LogP contribution in [0.1, 0.15) is 28.5 Å². The summed E-state index contributed by atoms with van der Waals surface area (Å²) in [5.41, 5.74) is 2.20. The molecule has 136 valence electrons. The van der Waals surface area contributed by atoms with Gasteiger partial charge in [-0.1, -0.05) is 35.0 Å².